The zero-order valence-electron chi connectivity index (χ0n) is 6.86. The number of hydrogen-bond acceptors (Lipinski definition) is 3. The van der Waals surface area contributed by atoms with E-state index in [-0.39, 0.29) is 18.2 Å². The molecule has 0 fully saturated rings. The third kappa shape index (κ3) is 4.10. The minimum atomic E-state index is -2.42. The highest BCUT2D eigenvalue weighted by Crippen LogP contribution is 2.03. The number of amides is 1. The van der Waals surface area contributed by atoms with Crippen molar-refractivity contribution >= 4 is 17.2 Å². The lowest BCUT2D eigenvalue weighted by molar-refractivity contribution is -0.126. The Morgan fingerprint density at radius 3 is 2.36 bits per heavy atom. The molecule has 0 spiro atoms. The molecule has 4 nitrogen and oxygen atoms in total. The zero-order chi connectivity index (χ0) is 9.02. The van der Waals surface area contributed by atoms with E-state index < -0.39 is 11.3 Å². The summed E-state index contributed by atoms with van der Waals surface area (Å²) in [5.41, 5.74) is 0. The summed E-state index contributed by atoms with van der Waals surface area (Å²) >= 11 is -2.42. The zero-order valence-corrected chi connectivity index (χ0v) is 7.68. The number of carbonyl (C=O) groups excluding carboxylic acids is 1. The van der Waals surface area contributed by atoms with E-state index in [1.165, 1.54) is 7.05 Å². The van der Waals surface area contributed by atoms with Gasteiger partial charge in [0.05, 0.1) is 0 Å². The Kier molecular flexibility index (Phi) is 4.29. The average molecular weight is 178 g/mol. The van der Waals surface area contributed by atoms with Gasteiger partial charge in [-0.1, -0.05) is 13.8 Å². The fourth-order valence-electron chi connectivity index (χ4n) is 0.561. The Morgan fingerprint density at radius 2 is 2.09 bits per heavy atom. The van der Waals surface area contributed by atoms with Gasteiger partial charge in [0, 0.05) is 24.7 Å². The van der Waals surface area contributed by atoms with Gasteiger partial charge in [-0.15, -0.1) is 0 Å². The number of carbonyl (C=O) groups is 1. The van der Waals surface area contributed by atoms with Gasteiger partial charge in [-0.05, 0) is 5.92 Å². The van der Waals surface area contributed by atoms with E-state index in [4.69, 9.17) is 0 Å². The summed E-state index contributed by atoms with van der Waals surface area (Å²) in [5.74, 6) is -0.179. The largest absolute Gasteiger partial charge is 0.755 e. The third-order valence-corrected chi connectivity index (χ3v) is 1.81. The van der Waals surface area contributed by atoms with E-state index in [9.17, 15) is 13.6 Å². The van der Waals surface area contributed by atoms with Gasteiger partial charge >= 0.3 is 0 Å². The molecule has 1 amide bonds. The van der Waals surface area contributed by atoms with Crippen molar-refractivity contribution in [2.75, 3.05) is 7.05 Å². The molecule has 1 unspecified atom stereocenters. The summed E-state index contributed by atoms with van der Waals surface area (Å²) in [6, 6.07) is 0. The van der Waals surface area contributed by atoms with Gasteiger partial charge in [-0.2, -0.15) is 0 Å². The molecule has 0 saturated carbocycles. The highest BCUT2D eigenvalue weighted by atomic mass is 32.2. The van der Waals surface area contributed by atoms with E-state index in [1.807, 2.05) is 13.8 Å². The fourth-order valence-corrected chi connectivity index (χ4v) is 0.802. The van der Waals surface area contributed by atoms with Crippen molar-refractivity contribution in [1.82, 2.24) is 4.31 Å². The number of nitrogens with zero attached hydrogens (tertiary/aromatic N) is 1. The summed E-state index contributed by atoms with van der Waals surface area (Å²) < 4.78 is 21.2. The van der Waals surface area contributed by atoms with Crippen molar-refractivity contribution in [2.45, 2.75) is 20.3 Å². The number of hydrogen-bond donors (Lipinski definition) is 0. The smallest absolute Gasteiger partial charge is 0.233 e. The highest BCUT2D eigenvalue weighted by molar-refractivity contribution is 7.77. The first-order valence-electron chi connectivity index (χ1n) is 3.31. The van der Waals surface area contributed by atoms with Gasteiger partial charge in [-0.3, -0.25) is 13.3 Å². The van der Waals surface area contributed by atoms with E-state index >= 15 is 0 Å². The maximum absolute atomic E-state index is 10.9. The first-order valence-corrected chi connectivity index (χ1v) is 4.34. The van der Waals surface area contributed by atoms with Crippen LogP contribution in [-0.4, -0.2) is 26.0 Å². The van der Waals surface area contributed by atoms with Gasteiger partial charge < -0.3 is 4.55 Å². The van der Waals surface area contributed by atoms with Crippen LogP contribution in [0, 0.1) is 5.92 Å². The molecule has 1 atom stereocenters. The van der Waals surface area contributed by atoms with Crippen LogP contribution < -0.4 is 0 Å². The van der Waals surface area contributed by atoms with Crippen LogP contribution in [0.1, 0.15) is 20.3 Å². The van der Waals surface area contributed by atoms with Crippen LogP contribution >= 0.6 is 0 Å². The van der Waals surface area contributed by atoms with Crippen LogP contribution in [0.4, 0.5) is 0 Å². The molecule has 11 heavy (non-hydrogen) atoms. The van der Waals surface area contributed by atoms with Crippen molar-refractivity contribution in [1.29, 1.82) is 0 Å². The predicted molar refractivity (Wildman–Crippen MR) is 41.1 cm³/mol. The van der Waals surface area contributed by atoms with Crippen LogP contribution in [0.3, 0.4) is 0 Å². The van der Waals surface area contributed by atoms with Crippen molar-refractivity contribution in [3.05, 3.63) is 0 Å². The normalized spacial score (nSPS) is 13.2. The molecule has 0 aromatic carbocycles. The molecule has 0 aromatic rings. The topological polar surface area (TPSA) is 60.4 Å². The average Bonchev–Trinajstić information content (AvgIpc) is 1.84. The van der Waals surface area contributed by atoms with Crippen molar-refractivity contribution in [3.8, 4) is 0 Å². The van der Waals surface area contributed by atoms with E-state index in [0.29, 0.717) is 4.31 Å². The Hall–Kier alpha value is -0.420. The second-order valence-electron chi connectivity index (χ2n) is 2.71. The molecule has 0 heterocycles. The summed E-state index contributed by atoms with van der Waals surface area (Å²) in [5, 5.41) is 0. The second-order valence-corrected chi connectivity index (χ2v) is 3.69. The minimum Gasteiger partial charge on any atom is -0.755 e. The molecular formula is C6H12NO3S-. The van der Waals surface area contributed by atoms with Gasteiger partial charge in [0.15, 0.2) is 0 Å². The van der Waals surface area contributed by atoms with Gasteiger partial charge in [0.2, 0.25) is 5.91 Å². The molecule has 0 aliphatic heterocycles. The van der Waals surface area contributed by atoms with Gasteiger partial charge in [0.1, 0.15) is 0 Å². The molecule has 0 radical (unpaired) electrons. The van der Waals surface area contributed by atoms with Crippen molar-refractivity contribution in [3.63, 3.8) is 0 Å². The number of rotatable bonds is 3. The van der Waals surface area contributed by atoms with Crippen LogP contribution in [0.2, 0.25) is 0 Å². The van der Waals surface area contributed by atoms with Crippen LogP contribution in [-0.2, 0) is 16.1 Å². The molecule has 0 N–H and O–H groups in total. The first-order chi connectivity index (χ1) is 4.95. The molecule has 0 saturated heterocycles. The molecular weight excluding hydrogens is 166 g/mol. The lowest BCUT2D eigenvalue weighted by atomic mass is 10.1. The maximum atomic E-state index is 10.9. The quantitative estimate of drug-likeness (QED) is 0.583. The minimum absolute atomic E-state index is 0.188. The molecule has 66 valence electrons. The molecule has 0 bridgehead atoms. The summed E-state index contributed by atoms with van der Waals surface area (Å²) in [6.45, 7) is 3.72. The van der Waals surface area contributed by atoms with Crippen LogP contribution in [0.15, 0.2) is 0 Å². The Bertz CT molecular complexity index is 169. The molecule has 0 aliphatic carbocycles. The highest BCUT2D eigenvalue weighted by Gasteiger charge is 2.10. The first kappa shape index (κ1) is 10.6. The summed E-state index contributed by atoms with van der Waals surface area (Å²) in [6.07, 6.45) is 0.268. The van der Waals surface area contributed by atoms with Crippen LogP contribution in [0.5, 0.6) is 0 Å². The SMILES string of the molecule is CC(C)CC(=O)N(C)S(=O)[O-]. The maximum Gasteiger partial charge on any atom is 0.233 e. The van der Waals surface area contributed by atoms with Crippen LogP contribution in [0.25, 0.3) is 0 Å². The predicted octanol–water partition coefficient (Wildman–Crippen LogP) is 0.285. The fraction of sp³-hybridized carbons (Fsp3) is 0.833. The van der Waals surface area contributed by atoms with Gasteiger partial charge in [0.25, 0.3) is 0 Å². The Labute approximate surface area is 69.0 Å². The van der Waals surface area contributed by atoms with E-state index in [1.54, 1.807) is 0 Å². The van der Waals surface area contributed by atoms with Crippen molar-refractivity contribution < 1.29 is 13.6 Å². The van der Waals surface area contributed by atoms with Gasteiger partial charge in [-0.25, -0.2) is 0 Å². The second kappa shape index (κ2) is 4.46. The standard InChI is InChI=1S/C6H13NO3S/c1-5(2)4-6(8)7(3)11(9)10/h5H,4H2,1-3H3,(H,9,10)/p-1. The van der Waals surface area contributed by atoms with Crippen molar-refractivity contribution in [2.24, 2.45) is 5.92 Å². The third-order valence-electron chi connectivity index (χ3n) is 1.16. The van der Waals surface area contributed by atoms with E-state index in [2.05, 4.69) is 0 Å². The summed E-state index contributed by atoms with van der Waals surface area (Å²) in [4.78, 5) is 10.9. The molecule has 5 heteroatoms. The lowest BCUT2D eigenvalue weighted by Gasteiger charge is -2.19. The van der Waals surface area contributed by atoms with E-state index in [0.717, 1.165) is 0 Å². The summed E-state index contributed by atoms with van der Waals surface area (Å²) in [7, 11) is 1.24. The Morgan fingerprint density at radius 1 is 1.64 bits per heavy atom. The molecule has 0 aliphatic rings. The Balaban J connectivity index is 3.93. The lowest BCUT2D eigenvalue weighted by Crippen LogP contribution is -2.29. The monoisotopic (exact) mass is 178 g/mol. The molecule has 0 rings (SSSR count). The molecule has 0 aromatic heterocycles.